The summed E-state index contributed by atoms with van der Waals surface area (Å²) in [5.41, 5.74) is 6.29. The van der Waals surface area contributed by atoms with Gasteiger partial charge >= 0.3 is 0 Å². The molecule has 1 saturated carbocycles. The number of hydrogen-bond donors (Lipinski definition) is 1. The Bertz CT molecular complexity index is 625. The molecule has 2 amide bonds. The average molecular weight is 330 g/mol. The molecule has 6 heteroatoms. The smallest absolute Gasteiger partial charge is 0.252 e. The van der Waals surface area contributed by atoms with Gasteiger partial charge in [0.05, 0.1) is 11.3 Å². The third kappa shape index (κ3) is 3.74. The maximum atomic E-state index is 12.6. The average Bonchev–Trinajstić information content (AvgIpc) is 3.07. The molecule has 2 heterocycles. The van der Waals surface area contributed by atoms with Gasteiger partial charge in [-0.05, 0) is 38.5 Å². The lowest BCUT2D eigenvalue weighted by Gasteiger charge is -2.32. The fourth-order valence-corrected chi connectivity index (χ4v) is 3.93. The van der Waals surface area contributed by atoms with E-state index in [0.717, 1.165) is 25.2 Å². The van der Waals surface area contributed by atoms with Crippen LogP contribution in [0, 0.1) is 12.8 Å². The van der Waals surface area contributed by atoms with Crippen LogP contribution in [0.15, 0.2) is 6.20 Å². The fourth-order valence-electron chi connectivity index (χ4n) is 3.93. The second-order valence-electron chi connectivity index (χ2n) is 7.13. The summed E-state index contributed by atoms with van der Waals surface area (Å²) in [7, 11) is 0. The second-order valence-corrected chi connectivity index (χ2v) is 7.13. The maximum Gasteiger partial charge on any atom is 0.252 e. The molecule has 0 radical (unpaired) electrons. The van der Waals surface area contributed by atoms with E-state index in [4.69, 9.17) is 5.73 Å². The molecule has 6 nitrogen and oxygen atoms in total. The molecule has 1 aromatic heterocycles. The molecule has 0 bridgehead atoms. The number of likely N-dealkylation sites (tertiary alicyclic amines) is 1. The van der Waals surface area contributed by atoms with Crippen LogP contribution in [0.1, 0.15) is 72.7 Å². The number of primary amides is 1. The number of nitrogens with two attached hydrogens (primary N) is 1. The first kappa shape index (κ1) is 16.9. The molecule has 2 aliphatic rings. The molecular weight excluding hydrogens is 304 g/mol. The first-order chi connectivity index (χ1) is 11.5. The number of aromatic nitrogens is 2. The summed E-state index contributed by atoms with van der Waals surface area (Å²) < 4.78 is 0. The molecule has 3 rings (SSSR count). The van der Waals surface area contributed by atoms with Crippen LogP contribution in [0.25, 0.3) is 0 Å². The maximum absolute atomic E-state index is 12.6. The zero-order chi connectivity index (χ0) is 17.1. The van der Waals surface area contributed by atoms with Gasteiger partial charge in [-0.1, -0.05) is 12.8 Å². The number of amides is 2. The number of aryl methyl sites for hydroxylation is 1. The van der Waals surface area contributed by atoms with Gasteiger partial charge in [0.2, 0.25) is 5.91 Å². The highest BCUT2D eigenvalue weighted by molar-refractivity contribution is 5.93. The van der Waals surface area contributed by atoms with Crippen LogP contribution in [-0.2, 0) is 4.79 Å². The summed E-state index contributed by atoms with van der Waals surface area (Å²) in [5.74, 6) is 1.21. The number of carbonyl (C=O) groups is 2. The molecule has 0 aromatic carbocycles. The van der Waals surface area contributed by atoms with E-state index < -0.39 is 5.91 Å². The van der Waals surface area contributed by atoms with Gasteiger partial charge in [-0.15, -0.1) is 0 Å². The van der Waals surface area contributed by atoms with Gasteiger partial charge in [0.25, 0.3) is 5.91 Å². The van der Waals surface area contributed by atoms with Crippen molar-refractivity contribution >= 4 is 11.8 Å². The molecular formula is C18H26N4O2. The van der Waals surface area contributed by atoms with Crippen molar-refractivity contribution in [3.05, 3.63) is 23.3 Å². The lowest BCUT2D eigenvalue weighted by Crippen LogP contribution is -2.40. The van der Waals surface area contributed by atoms with E-state index in [0.29, 0.717) is 30.1 Å². The Labute approximate surface area is 142 Å². The summed E-state index contributed by atoms with van der Waals surface area (Å²) in [6, 6.07) is 0. The van der Waals surface area contributed by atoms with Crippen molar-refractivity contribution in [3.63, 3.8) is 0 Å². The predicted molar refractivity (Wildman–Crippen MR) is 90.4 cm³/mol. The first-order valence-corrected chi connectivity index (χ1v) is 8.95. The molecule has 130 valence electrons. The molecule has 1 unspecified atom stereocenters. The predicted octanol–water partition coefficient (Wildman–Crippen LogP) is 2.17. The van der Waals surface area contributed by atoms with Crippen molar-refractivity contribution in [3.8, 4) is 0 Å². The van der Waals surface area contributed by atoms with Crippen molar-refractivity contribution in [1.82, 2.24) is 14.9 Å². The van der Waals surface area contributed by atoms with Gasteiger partial charge in [0.15, 0.2) is 0 Å². The van der Waals surface area contributed by atoms with Crippen LogP contribution in [0.3, 0.4) is 0 Å². The Morgan fingerprint density at radius 2 is 2.00 bits per heavy atom. The van der Waals surface area contributed by atoms with E-state index in [1.807, 2.05) is 4.90 Å². The van der Waals surface area contributed by atoms with Crippen LogP contribution in [0.5, 0.6) is 0 Å². The third-order valence-electron chi connectivity index (χ3n) is 5.34. The van der Waals surface area contributed by atoms with Crippen LogP contribution in [0.2, 0.25) is 0 Å². The minimum atomic E-state index is -0.504. The van der Waals surface area contributed by atoms with E-state index in [1.165, 1.54) is 31.9 Å². The lowest BCUT2D eigenvalue weighted by molar-refractivity contribution is -0.133. The van der Waals surface area contributed by atoms with E-state index >= 15 is 0 Å². The van der Waals surface area contributed by atoms with Crippen LogP contribution in [0.4, 0.5) is 0 Å². The standard InChI is InChI=1S/C18H26N4O2/c1-12-15(17(19)24)10-20-18(21-12)14-7-4-8-22(11-14)16(23)9-13-5-2-3-6-13/h10,13-14H,2-9,11H2,1H3,(H2,19,24). The largest absolute Gasteiger partial charge is 0.365 e. The number of piperidine rings is 1. The van der Waals surface area contributed by atoms with Crippen LogP contribution in [-0.4, -0.2) is 39.8 Å². The van der Waals surface area contributed by atoms with Crippen molar-refractivity contribution in [2.45, 2.75) is 57.8 Å². The Hall–Kier alpha value is -1.98. The number of carbonyl (C=O) groups excluding carboxylic acids is 2. The molecule has 1 aromatic rings. The normalized spacial score (nSPS) is 21.9. The molecule has 1 saturated heterocycles. The van der Waals surface area contributed by atoms with E-state index in [1.54, 1.807) is 6.92 Å². The van der Waals surface area contributed by atoms with Crippen molar-refractivity contribution < 1.29 is 9.59 Å². The summed E-state index contributed by atoms with van der Waals surface area (Å²) >= 11 is 0. The van der Waals surface area contributed by atoms with Gasteiger partial charge in [-0.2, -0.15) is 0 Å². The Kier molecular flexibility index (Phi) is 5.11. The van der Waals surface area contributed by atoms with Crippen LogP contribution >= 0.6 is 0 Å². The highest BCUT2D eigenvalue weighted by atomic mass is 16.2. The quantitative estimate of drug-likeness (QED) is 0.916. The van der Waals surface area contributed by atoms with Gasteiger partial charge in [-0.3, -0.25) is 9.59 Å². The fraction of sp³-hybridized carbons (Fsp3) is 0.667. The molecule has 1 atom stereocenters. The number of rotatable bonds is 4. The van der Waals surface area contributed by atoms with E-state index in [-0.39, 0.29) is 11.8 Å². The first-order valence-electron chi connectivity index (χ1n) is 8.95. The Morgan fingerprint density at radius 3 is 2.67 bits per heavy atom. The minimum Gasteiger partial charge on any atom is -0.365 e. The van der Waals surface area contributed by atoms with Gasteiger partial charge in [0, 0.05) is 31.6 Å². The topological polar surface area (TPSA) is 89.2 Å². The lowest BCUT2D eigenvalue weighted by atomic mass is 9.95. The SMILES string of the molecule is Cc1nc(C2CCCN(C(=O)CC3CCCC3)C2)ncc1C(N)=O. The zero-order valence-electron chi connectivity index (χ0n) is 14.3. The molecule has 0 spiro atoms. The summed E-state index contributed by atoms with van der Waals surface area (Å²) in [6.07, 6.45) is 9.07. The van der Waals surface area contributed by atoms with Gasteiger partial charge in [0.1, 0.15) is 5.82 Å². The molecule has 1 aliphatic carbocycles. The van der Waals surface area contributed by atoms with E-state index in [9.17, 15) is 9.59 Å². The summed E-state index contributed by atoms with van der Waals surface area (Å²) in [6.45, 7) is 3.29. The van der Waals surface area contributed by atoms with Crippen LogP contribution < -0.4 is 5.73 Å². The van der Waals surface area contributed by atoms with Gasteiger partial charge < -0.3 is 10.6 Å². The monoisotopic (exact) mass is 330 g/mol. The van der Waals surface area contributed by atoms with Gasteiger partial charge in [-0.25, -0.2) is 9.97 Å². The van der Waals surface area contributed by atoms with Crippen molar-refractivity contribution in [1.29, 1.82) is 0 Å². The van der Waals surface area contributed by atoms with E-state index in [2.05, 4.69) is 9.97 Å². The van der Waals surface area contributed by atoms with Crippen molar-refractivity contribution in [2.75, 3.05) is 13.1 Å². The Balaban J connectivity index is 1.65. The minimum absolute atomic E-state index is 0.145. The number of nitrogens with zero attached hydrogens (tertiary/aromatic N) is 3. The number of hydrogen-bond acceptors (Lipinski definition) is 4. The summed E-state index contributed by atoms with van der Waals surface area (Å²) in [4.78, 5) is 34.6. The zero-order valence-corrected chi connectivity index (χ0v) is 14.3. The molecule has 2 fully saturated rings. The Morgan fingerprint density at radius 1 is 1.25 bits per heavy atom. The second kappa shape index (κ2) is 7.28. The highest BCUT2D eigenvalue weighted by Gasteiger charge is 2.29. The molecule has 1 aliphatic heterocycles. The molecule has 2 N–H and O–H groups in total. The van der Waals surface area contributed by atoms with Crippen molar-refractivity contribution in [2.24, 2.45) is 11.7 Å². The third-order valence-corrected chi connectivity index (χ3v) is 5.34. The summed E-state index contributed by atoms with van der Waals surface area (Å²) in [5, 5.41) is 0. The molecule has 24 heavy (non-hydrogen) atoms. The highest BCUT2D eigenvalue weighted by Crippen LogP contribution is 2.30.